The van der Waals surface area contributed by atoms with Gasteiger partial charge in [-0.25, -0.2) is 0 Å². The fourth-order valence-electron chi connectivity index (χ4n) is 1.57. The molecule has 0 spiro atoms. The molecule has 4 heteroatoms. The second-order valence-electron chi connectivity index (χ2n) is 4.30. The smallest absolute Gasteiger partial charge is 0.119 e. The summed E-state index contributed by atoms with van der Waals surface area (Å²) >= 11 is 0. The Kier molecular flexibility index (Phi) is 3.51. The van der Waals surface area contributed by atoms with Gasteiger partial charge in [0.05, 0.1) is 18.0 Å². The number of hydrogen-bond acceptors (Lipinski definition) is 4. The van der Waals surface area contributed by atoms with Crippen LogP contribution in [0, 0.1) is 0 Å². The van der Waals surface area contributed by atoms with Gasteiger partial charge in [-0.1, -0.05) is 18.2 Å². The van der Waals surface area contributed by atoms with Gasteiger partial charge in [0.2, 0.25) is 0 Å². The van der Waals surface area contributed by atoms with E-state index in [1.165, 1.54) is 0 Å². The van der Waals surface area contributed by atoms with Crippen LogP contribution in [0.2, 0.25) is 0 Å². The second kappa shape index (κ2) is 5.63. The van der Waals surface area contributed by atoms with Crippen LogP contribution in [0.15, 0.2) is 64.8 Å². The van der Waals surface area contributed by atoms with E-state index >= 15 is 0 Å². The summed E-state index contributed by atoms with van der Waals surface area (Å²) in [6.45, 7) is 1.42. The highest BCUT2D eigenvalue weighted by atomic mass is 16.6. The normalized spacial score (nSPS) is 17.6. The van der Waals surface area contributed by atoms with Crippen LogP contribution in [0.25, 0.3) is 0 Å². The average molecular weight is 254 g/mol. The maximum Gasteiger partial charge on any atom is 0.119 e. The van der Waals surface area contributed by atoms with Crippen LogP contribution in [-0.2, 0) is 4.74 Å². The van der Waals surface area contributed by atoms with E-state index in [9.17, 15) is 0 Å². The van der Waals surface area contributed by atoms with E-state index < -0.39 is 0 Å². The molecule has 4 nitrogen and oxygen atoms in total. The highest BCUT2D eigenvalue weighted by molar-refractivity contribution is 5.42. The third-order valence-corrected chi connectivity index (χ3v) is 2.71. The maximum atomic E-state index is 5.55. The van der Waals surface area contributed by atoms with Crippen molar-refractivity contribution in [3.05, 3.63) is 54.6 Å². The molecule has 0 radical (unpaired) electrons. The van der Waals surface area contributed by atoms with Gasteiger partial charge in [-0.2, -0.15) is 10.2 Å². The molecule has 1 aliphatic heterocycles. The third kappa shape index (κ3) is 3.63. The van der Waals surface area contributed by atoms with Crippen LogP contribution in [0.3, 0.4) is 0 Å². The Morgan fingerprint density at radius 2 is 1.58 bits per heavy atom. The van der Waals surface area contributed by atoms with Crippen LogP contribution in [0.1, 0.15) is 0 Å². The van der Waals surface area contributed by atoms with Crippen LogP contribution in [0.5, 0.6) is 5.75 Å². The van der Waals surface area contributed by atoms with Gasteiger partial charge in [-0.15, -0.1) is 0 Å². The largest absolute Gasteiger partial charge is 0.491 e. The maximum absolute atomic E-state index is 5.55. The van der Waals surface area contributed by atoms with Crippen molar-refractivity contribution in [2.24, 2.45) is 10.2 Å². The number of ether oxygens (including phenoxy) is 2. The highest BCUT2D eigenvalue weighted by Crippen LogP contribution is 2.21. The molecule has 1 aliphatic rings. The molecule has 1 saturated heterocycles. The summed E-state index contributed by atoms with van der Waals surface area (Å²) in [7, 11) is 0. The Balaban J connectivity index is 1.60. The molecular weight excluding hydrogens is 240 g/mol. The number of nitrogens with zero attached hydrogens (tertiary/aromatic N) is 2. The van der Waals surface area contributed by atoms with E-state index in [0.717, 1.165) is 23.7 Å². The molecule has 1 heterocycles. The summed E-state index contributed by atoms with van der Waals surface area (Å²) in [6.07, 6.45) is 0.275. The molecule has 0 aliphatic carbocycles. The minimum atomic E-state index is 0.275. The minimum absolute atomic E-state index is 0.275. The zero-order valence-corrected chi connectivity index (χ0v) is 10.4. The van der Waals surface area contributed by atoms with E-state index in [4.69, 9.17) is 9.47 Å². The summed E-state index contributed by atoms with van der Waals surface area (Å²) in [4.78, 5) is 0. The van der Waals surface area contributed by atoms with E-state index in [1.807, 2.05) is 54.6 Å². The fraction of sp³-hybridized carbons (Fsp3) is 0.200. The fourth-order valence-corrected chi connectivity index (χ4v) is 1.57. The van der Waals surface area contributed by atoms with E-state index in [-0.39, 0.29) is 6.10 Å². The molecule has 0 amide bonds. The predicted octanol–water partition coefficient (Wildman–Crippen LogP) is 3.88. The van der Waals surface area contributed by atoms with Crippen LogP contribution in [0.4, 0.5) is 11.4 Å². The summed E-state index contributed by atoms with van der Waals surface area (Å²) in [6, 6.07) is 17.2. The molecule has 2 aromatic rings. The summed E-state index contributed by atoms with van der Waals surface area (Å²) in [5.74, 6) is 0.828. The van der Waals surface area contributed by atoms with E-state index in [0.29, 0.717) is 6.61 Å². The number of benzene rings is 2. The third-order valence-electron chi connectivity index (χ3n) is 2.71. The van der Waals surface area contributed by atoms with Gasteiger partial charge in [-0.05, 0) is 36.4 Å². The molecule has 0 saturated carbocycles. The number of rotatable bonds is 5. The van der Waals surface area contributed by atoms with Gasteiger partial charge in [0.15, 0.2) is 0 Å². The molecule has 1 unspecified atom stereocenters. The number of hydrogen-bond donors (Lipinski definition) is 0. The molecule has 19 heavy (non-hydrogen) atoms. The molecule has 0 bridgehead atoms. The second-order valence-corrected chi connectivity index (χ2v) is 4.30. The summed E-state index contributed by atoms with van der Waals surface area (Å²) < 4.78 is 10.6. The molecule has 2 aromatic carbocycles. The molecule has 96 valence electrons. The van der Waals surface area contributed by atoms with Crippen molar-refractivity contribution in [2.75, 3.05) is 13.2 Å². The van der Waals surface area contributed by atoms with Gasteiger partial charge in [-0.3, -0.25) is 0 Å². The molecule has 0 N–H and O–H groups in total. The lowest BCUT2D eigenvalue weighted by atomic mass is 10.3. The van der Waals surface area contributed by atoms with Crippen LogP contribution in [-0.4, -0.2) is 19.3 Å². The first-order valence-corrected chi connectivity index (χ1v) is 6.21. The zero-order valence-electron chi connectivity index (χ0n) is 10.4. The Bertz CT molecular complexity index is 548. The lowest BCUT2D eigenvalue weighted by Crippen LogP contribution is -2.03. The first-order valence-electron chi connectivity index (χ1n) is 6.21. The Morgan fingerprint density at radius 1 is 0.947 bits per heavy atom. The van der Waals surface area contributed by atoms with Gasteiger partial charge in [0.25, 0.3) is 0 Å². The quantitative estimate of drug-likeness (QED) is 0.600. The van der Waals surface area contributed by atoms with Gasteiger partial charge in [0.1, 0.15) is 18.5 Å². The SMILES string of the molecule is c1ccc(N=Nc2ccc(OCC3CO3)cc2)cc1. The zero-order chi connectivity index (χ0) is 12.9. The molecule has 1 atom stereocenters. The summed E-state index contributed by atoms with van der Waals surface area (Å²) in [5.41, 5.74) is 1.65. The summed E-state index contributed by atoms with van der Waals surface area (Å²) in [5, 5.41) is 8.32. The van der Waals surface area contributed by atoms with E-state index in [2.05, 4.69) is 10.2 Å². The molecular formula is C15H14N2O2. The Labute approximate surface area is 111 Å². The molecule has 1 fully saturated rings. The van der Waals surface area contributed by atoms with Crippen LogP contribution < -0.4 is 4.74 Å². The van der Waals surface area contributed by atoms with Gasteiger partial charge in [0, 0.05) is 0 Å². The van der Waals surface area contributed by atoms with Gasteiger partial charge >= 0.3 is 0 Å². The monoisotopic (exact) mass is 254 g/mol. The van der Waals surface area contributed by atoms with Crippen molar-refractivity contribution in [3.8, 4) is 5.75 Å². The standard InChI is InChI=1S/C15H14N2O2/c1-2-4-12(5-3-1)16-17-13-6-8-14(9-7-13)18-10-15-11-19-15/h1-9,15H,10-11H2. The first kappa shape index (κ1) is 11.9. The number of epoxide rings is 1. The first-order chi connectivity index (χ1) is 9.40. The van der Waals surface area contributed by atoms with Crippen molar-refractivity contribution in [3.63, 3.8) is 0 Å². The number of azo groups is 1. The minimum Gasteiger partial charge on any atom is -0.491 e. The average Bonchev–Trinajstić information content (AvgIpc) is 3.29. The van der Waals surface area contributed by atoms with Crippen molar-refractivity contribution < 1.29 is 9.47 Å². The molecule has 0 aromatic heterocycles. The van der Waals surface area contributed by atoms with Crippen molar-refractivity contribution in [2.45, 2.75) is 6.10 Å². The topological polar surface area (TPSA) is 46.5 Å². The van der Waals surface area contributed by atoms with Crippen molar-refractivity contribution in [1.82, 2.24) is 0 Å². The van der Waals surface area contributed by atoms with Crippen molar-refractivity contribution >= 4 is 11.4 Å². The Morgan fingerprint density at radius 3 is 2.21 bits per heavy atom. The lowest BCUT2D eigenvalue weighted by Gasteiger charge is -2.03. The van der Waals surface area contributed by atoms with Crippen molar-refractivity contribution in [1.29, 1.82) is 0 Å². The van der Waals surface area contributed by atoms with E-state index in [1.54, 1.807) is 0 Å². The van der Waals surface area contributed by atoms with Crippen LogP contribution >= 0.6 is 0 Å². The van der Waals surface area contributed by atoms with Gasteiger partial charge < -0.3 is 9.47 Å². The highest BCUT2D eigenvalue weighted by Gasteiger charge is 2.22. The molecule has 3 rings (SSSR count). The predicted molar refractivity (Wildman–Crippen MR) is 72.3 cm³/mol. The lowest BCUT2D eigenvalue weighted by molar-refractivity contribution is 0.263. The Hall–Kier alpha value is -2.20.